The molecule has 2 aromatic rings. The molecule has 1 N–H and O–H groups in total. The maximum absolute atomic E-state index is 13.6. The van der Waals surface area contributed by atoms with Crippen LogP contribution in [0.15, 0.2) is 18.2 Å². The number of aryl methyl sites for hydroxylation is 1. The second-order valence-corrected chi connectivity index (χ2v) is 3.73. The Morgan fingerprint density at radius 3 is 2.59 bits per heavy atom. The van der Waals surface area contributed by atoms with Gasteiger partial charge in [0, 0.05) is 18.1 Å². The van der Waals surface area contributed by atoms with Crippen molar-refractivity contribution in [1.82, 2.24) is 4.98 Å². The van der Waals surface area contributed by atoms with E-state index in [9.17, 15) is 13.2 Å². The molecule has 0 radical (unpaired) electrons. The van der Waals surface area contributed by atoms with Gasteiger partial charge in [-0.3, -0.25) is 0 Å². The molecule has 17 heavy (non-hydrogen) atoms. The van der Waals surface area contributed by atoms with Crippen LogP contribution in [0, 0.1) is 12.7 Å². The summed E-state index contributed by atoms with van der Waals surface area (Å²) in [5.41, 5.74) is 0.805. The van der Waals surface area contributed by atoms with E-state index < -0.39 is 17.9 Å². The van der Waals surface area contributed by atoms with Gasteiger partial charge >= 0.3 is 0 Å². The molecule has 1 aromatic heterocycles. The molecule has 1 heterocycles. The number of rotatable bonds is 2. The number of hydrogen-bond donors (Lipinski definition) is 1. The molecule has 0 aliphatic carbocycles. The molecule has 0 bridgehead atoms. The van der Waals surface area contributed by atoms with Gasteiger partial charge in [0.2, 0.25) is 0 Å². The van der Waals surface area contributed by atoms with E-state index in [4.69, 9.17) is 0 Å². The van der Waals surface area contributed by atoms with E-state index in [1.165, 1.54) is 12.1 Å². The molecule has 0 spiro atoms. The number of hydrogen-bond acceptors (Lipinski definition) is 2. The average Bonchev–Trinajstić information content (AvgIpc) is 2.32. The lowest BCUT2D eigenvalue weighted by Gasteiger charge is -2.11. The van der Waals surface area contributed by atoms with Gasteiger partial charge in [-0.1, -0.05) is 6.07 Å². The summed E-state index contributed by atoms with van der Waals surface area (Å²) in [6, 6.07) is 4.08. The zero-order valence-corrected chi connectivity index (χ0v) is 9.39. The van der Waals surface area contributed by atoms with Gasteiger partial charge in [-0.15, -0.1) is 0 Å². The lowest BCUT2D eigenvalue weighted by Crippen LogP contribution is -1.99. The molecule has 5 heteroatoms. The lowest BCUT2D eigenvalue weighted by atomic mass is 10.1. The predicted octanol–water partition coefficient (Wildman–Crippen LogP) is 3.66. The average molecular weight is 240 g/mol. The van der Waals surface area contributed by atoms with Crippen LogP contribution in [0.1, 0.15) is 17.7 Å². The van der Waals surface area contributed by atoms with Crippen LogP contribution in [-0.4, -0.2) is 12.0 Å². The second kappa shape index (κ2) is 4.24. The standard InChI is InChI=1S/C12H11F3N2/c1-6-3-4-7(13)11-10(6)8(16-2)5-9(17-11)12(14)15/h3-5,12H,1-2H3,(H,16,17). The highest BCUT2D eigenvalue weighted by atomic mass is 19.3. The Morgan fingerprint density at radius 2 is 2.00 bits per heavy atom. The second-order valence-electron chi connectivity index (χ2n) is 3.73. The van der Waals surface area contributed by atoms with E-state index in [0.717, 1.165) is 5.56 Å². The van der Waals surface area contributed by atoms with E-state index in [0.29, 0.717) is 11.1 Å². The highest BCUT2D eigenvalue weighted by Gasteiger charge is 2.16. The fourth-order valence-electron chi connectivity index (χ4n) is 1.81. The van der Waals surface area contributed by atoms with E-state index in [-0.39, 0.29) is 5.52 Å². The molecule has 1 aromatic carbocycles. The third-order valence-electron chi connectivity index (χ3n) is 2.63. The number of anilines is 1. The van der Waals surface area contributed by atoms with Gasteiger partial charge in [-0.05, 0) is 24.6 Å². The molecule has 2 nitrogen and oxygen atoms in total. The van der Waals surface area contributed by atoms with Gasteiger partial charge < -0.3 is 5.32 Å². The highest BCUT2D eigenvalue weighted by Crippen LogP contribution is 2.31. The number of nitrogens with one attached hydrogen (secondary N) is 1. The van der Waals surface area contributed by atoms with Crippen LogP contribution in [0.4, 0.5) is 18.9 Å². The number of benzene rings is 1. The maximum atomic E-state index is 13.6. The zero-order valence-electron chi connectivity index (χ0n) is 9.39. The zero-order chi connectivity index (χ0) is 12.6. The van der Waals surface area contributed by atoms with Gasteiger partial charge in [0.1, 0.15) is 17.0 Å². The summed E-state index contributed by atoms with van der Waals surface area (Å²) in [5, 5.41) is 3.33. The van der Waals surface area contributed by atoms with E-state index >= 15 is 0 Å². The van der Waals surface area contributed by atoms with E-state index in [1.54, 1.807) is 20.0 Å². The number of fused-ring (bicyclic) bond motifs is 1. The van der Waals surface area contributed by atoms with Crippen LogP contribution in [0.3, 0.4) is 0 Å². The first-order valence-corrected chi connectivity index (χ1v) is 5.10. The summed E-state index contributed by atoms with van der Waals surface area (Å²) in [5.74, 6) is -0.593. The first kappa shape index (κ1) is 11.7. The van der Waals surface area contributed by atoms with Gasteiger partial charge in [-0.25, -0.2) is 18.2 Å². The lowest BCUT2D eigenvalue weighted by molar-refractivity contribution is 0.146. The fraction of sp³-hybridized carbons (Fsp3) is 0.250. The summed E-state index contributed by atoms with van der Waals surface area (Å²) in [4.78, 5) is 3.68. The first-order valence-electron chi connectivity index (χ1n) is 5.10. The van der Waals surface area contributed by atoms with E-state index in [2.05, 4.69) is 10.3 Å². The number of alkyl halides is 2. The maximum Gasteiger partial charge on any atom is 0.280 e. The molecule has 0 unspecified atom stereocenters. The van der Waals surface area contributed by atoms with Crippen molar-refractivity contribution in [2.75, 3.05) is 12.4 Å². The molecule has 0 saturated carbocycles. The monoisotopic (exact) mass is 240 g/mol. The Balaban J connectivity index is 2.87. The van der Waals surface area contributed by atoms with Crippen molar-refractivity contribution in [2.45, 2.75) is 13.3 Å². The molecule has 0 aliphatic heterocycles. The summed E-state index contributed by atoms with van der Waals surface area (Å²) in [6.07, 6.45) is -2.72. The third kappa shape index (κ3) is 1.92. The molecule has 0 aliphatic rings. The smallest absolute Gasteiger partial charge is 0.280 e. The Labute approximate surface area is 96.5 Å². The number of aromatic nitrogens is 1. The summed E-state index contributed by atoms with van der Waals surface area (Å²) < 4.78 is 38.9. The van der Waals surface area contributed by atoms with Crippen LogP contribution >= 0.6 is 0 Å². The summed E-state index contributed by atoms with van der Waals surface area (Å²) >= 11 is 0. The van der Waals surface area contributed by atoms with Crippen LogP contribution < -0.4 is 5.32 Å². The van der Waals surface area contributed by atoms with Crippen LogP contribution in [0.2, 0.25) is 0 Å². The first-order chi connectivity index (χ1) is 8.04. The Kier molecular flexibility index (Phi) is 2.92. The normalized spacial score (nSPS) is 11.2. The minimum atomic E-state index is -2.72. The molecule has 0 saturated heterocycles. The van der Waals surface area contributed by atoms with Crippen LogP contribution in [-0.2, 0) is 0 Å². The van der Waals surface area contributed by atoms with Crippen molar-refractivity contribution in [3.05, 3.63) is 35.3 Å². The van der Waals surface area contributed by atoms with Gasteiger partial charge in [-0.2, -0.15) is 0 Å². The number of nitrogens with zero attached hydrogens (tertiary/aromatic N) is 1. The van der Waals surface area contributed by atoms with Gasteiger partial charge in [0.15, 0.2) is 0 Å². The SMILES string of the molecule is CNc1cc(C(F)F)nc2c(F)ccc(C)c12. The number of pyridine rings is 1. The molecular weight excluding hydrogens is 229 g/mol. The topological polar surface area (TPSA) is 24.9 Å². The van der Waals surface area contributed by atoms with Crippen molar-refractivity contribution in [2.24, 2.45) is 0 Å². The predicted molar refractivity (Wildman–Crippen MR) is 60.9 cm³/mol. The van der Waals surface area contributed by atoms with Crippen molar-refractivity contribution < 1.29 is 13.2 Å². The summed E-state index contributed by atoms with van der Waals surface area (Å²) in [6.45, 7) is 1.78. The highest BCUT2D eigenvalue weighted by molar-refractivity contribution is 5.94. The molecule has 0 amide bonds. The molecule has 0 atom stereocenters. The summed E-state index contributed by atoms with van der Waals surface area (Å²) in [7, 11) is 1.61. The Bertz CT molecular complexity index is 567. The third-order valence-corrected chi connectivity index (χ3v) is 2.63. The van der Waals surface area contributed by atoms with E-state index in [1.807, 2.05) is 0 Å². The minimum Gasteiger partial charge on any atom is -0.388 e. The fourth-order valence-corrected chi connectivity index (χ4v) is 1.81. The largest absolute Gasteiger partial charge is 0.388 e. The Morgan fingerprint density at radius 1 is 1.29 bits per heavy atom. The van der Waals surface area contributed by atoms with Crippen LogP contribution in [0.25, 0.3) is 10.9 Å². The van der Waals surface area contributed by atoms with Crippen molar-refractivity contribution in [3.8, 4) is 0 Å². The van der Waals surface area contributed by atoms with Crippen molar-refractivity contribution in [3.63, 3.8) is 0 Å². The molecule has 2 rings (SSSR count). The minimum absolute atomic E-state index is 0.0212. The number of halogens is 3. The quantitative estimate of drug-likeness (QED) is 0.866. The van der Waals surface area contributed by atoms with Crippen LogP contribution in [0.5, 0.6) is 0 Å². The van der Waals surface area contributed by atoms with Crippen molar-refractivity contribution >= 4 is 16.6 Å². The molecule has 0 fully saturated rings. The molecule has 90 valence electrons. The van der Waals surface area contributed by atoms with Crippen molar-refractivity contribution in [1.29, 1.82) is 0 Å². The van der Waals surface area contributed by atoms with Gasteiger partial charge in [0.25, 0.3) is 6.43 Å². The van der Waals surface area contributed by atoms with Gasteiger partial charge in [0.05, 0.1) is 0 Å². The molecular formula is C12H11F3N2. The Hall–Kier alpha value is -1.78.